The monoisotopic (exact) mass is 318 g/mol. The number of sulfone groups is 1. The molecule has 4 nitrogen and oxygen atoms in total. The Kier molecular flexibility index (Phi) is 5.06. The second-order valence-corrected chi connectivity index (χ2v) is 7.71. The Bertz CT molecular complexity index is 584. The third-order valence-corrected chi connectivity index (χ3v) is 5.36. The van der Waals surface area contributed by atoms with Crippen LogP contribution in [0.4, 0.5) is 4.39 Å². The van der Waals surface area contributed by atoms with E-state index in [1.165, 1.54) is 6.07 Å². The van der Waals surface area contributed by atoms with Crippen LogP contribution >= 0.6 is 11.8 Å². The minimum absolute atomic E-state index is 0.0927. The van der Waals surface area contributed by atoms with Crippen LogP contribution in [0.15, 0.2) is 21.9 Å². The van der Waals surface area contributed by atoms with Crippen LogP contribution < -0.4 is 5.32 Å². The van der Waals surface area contributed by atoms with Gasteiger partial charge in [-0.3, -0.25) is 4.90 Å². The maximum Gasteiger partial charge on any atom is 0.176 e. The van der Waals surface area contributed by atoms with Gasteiger partial charge in [0.2, 0.25) is 0 Å². The lowest BCUT2D eigenvalue weighted by Crippen LogP contribution is -2.42. The van der Waals surface area contributed by atoms with Crippen LogP contribution in [0.3, 0.4) is 0 Å². The summed E-state index contributed by atoms with van der Waals surface area (Å²) >= 11 is 1.13. The number of halogens is 1. The summed E-state index contributed by atoms with van der Waals surface area (Å²) in [7, 11) is -3.42. The summed E-state index contributed by atoms with van der Waals surface area (Å²) in [4.78, 5) is 2.49. The van der Waals surface area contributed by atoms with Crippen molar-refractivity contribution >= 4 is 21.6 Å². The molecule has 7 heteroatoms. The lowest BCUT2D eigenvalue weighted by atomic mass is 10.2. The van der Waals surface area contributed by atoms with Crippen LogP contribution in [-0.2, 0) is 16.4 Å². The number of nitrogens with zero attached hydrogens (tertiary/aromatic N) is 1. The highest BCUT2D eigenvalue weighted by Crippen LogP contribution is 2.29. The van der Waals surface area contributed by atoms with Crippen molar-refractivity contribution in [1.29, 1.82) is 0 Å². The first-order valence-electron chi connectivity index (χ1n) is 6.41. The fourth-order valence-electron chi connectivity index (χ4n) is 2.31. The minimum atomic E-state index is -3.42. The molecular formula is C13H19FN2O2S2. The largest absolute Gasteiger partial charge is 0.314 e. The Balaban J connectivity index is 2.33. The van der Waals surface area contributed by atoms with Gasteiger partial charge >= 0.3 is 0 Å². The van der Waals surface area contributed by atoms with Crippen molar-refractivity contribution in [2.45, 2.75) is 16.3 Å². The van der Waals surface area contributed by atoms with Crippen molar-refractivity contribution in [3.63, 3.8) is 0 Å². The summed E-state index contributed by atoms with van der Waals surface area (Å²) in [6.45, 7) is 4.17. The second-order valence-electron chi connectivity index (χ2n) is 4.91. The third-order valence-electron chi connectivity index (χ3n) is 3.29. The molecule has 0 bridgehead atoms. The van der Waals surface area contributed by atoms with Gasteiger partial charge < -0.3 is 5.32 Å². The second kappa shape index (κ2) is 6.43. The quantitative estimate of drug-likeness (QED) is 0.850. The first-order valence-corrected chi connectivity index (χ1v) is 9.53. The van der Waals surface area contributed by atoms with Crippen LogP contribution in [0.5, 0.6) is 0 Å². The molecule has 0 atom stereocenters. The number of nitrogens with one attached hydrogen (secondary N) is 1. The van der Waals surface area contributed by atoms with E-state index in [9.17, 15) is 12.8 Å². The van der Waals surface area contributed by atoms with E-state index in [-0.39, 0.29) is 9.79 Å². The number of benzene rings is 1. The SMILES string of the molecule is CSc1c(F)cc(CN2CCNCC2)cc1S(C)(=O)=O. The molecule has 0 radical (unpaired) electrons. The van der Waals surface area contributed by atoms with Gasteiger partial charge in [0.15, 0.2) is 9.84 Å². The molecule has 0 saturated carbocycles. The molecule has 1 aliphatic rings. The van der Waals surface area contributed by atoms with Gasteiger partial charge in [-0.1, -0.05) is 0 Å². The van der Waals surface area contributed by atoms with Crippen molar-refractivity contribution in [1.82, 2.24) is 10.2 Å². The zero-order chi connectivity index (χ0) is 14.8. The van der Waals surface area contributed by atoms with Gasteiger partial charge in [-0.2, -0.15) is 0 Å². The summed E-state index contributed by atoms with van der Waals surface area (Å²) < 4.78 is 37.7. The van der Waals surface area contributed by atoms with Gasteiger partial charge in [0.1, 0.15) is 5.82 Å². The summed E-state index contributed by atoms with van der Waals surface area (Å²) in [6.07, 6.45) is 2.80. The van der Waals surface area contributed by atoms with Crippen molar-refractivity contribution < 1.29 is 12.8 Å². The van der Waals surface area contributed by atoms with E-state index in [0.717, 1.165) is 44.2 Å². The van der Waals surface area contributed by atoms with E-state index in [1.54, 1.807) is 12.3 Å². The van der Waals surface area contributed by atoms with Gasteiger partial charge in [-0.05, 0) is 24.0 Å². The Labute approximate surface area is 123 Å². The minimum Gasteiger partial charge on any atom is -0.314 e. The molecule has 1 N–H and O–H groups in total. The third kappa shape index (κ3) is 3.72. The van der Waals surface area contributed by atoms with E-state index >= 15 is 0 Å². The molecule has 0 aliphatic carbocycles. The molecule has 1 heterocycles. The molecule has 0 aromatic heterocycles. The van der Waals surface area contributed by atoms with Gasteiger partial charge in [-0.15, -0.1) is 11.8 Å². The van der Waals surface area contributed by atoms with E-state index in [1.807, 2.05) is 0 Å². The summed E-state index contributed by atoms with van der Waals surface area (Å²) in [5, 5.41) is 3.25. The maximum absolute atomic E-state index is 14.1. The molecule has 1 aromatic rings. The Morgan fingerprint density at radius 1 is 1.35 bits per heavy atom. The highest BCUT2D eigenvalue weighted by Gasteiger charge is 2.19. The fraction of sp³-hybridized carbons (Fsp3) is 0.538. The van der Waals surface area contributed by atoms with Crippen LogP contribution in [0.1, 0.15) is 5.56 Å². The molecule has 112 valence electrons. The predicted octanol–water partition coefficient (Wildman–Crippen LogP) is 1.36. The molecule has 2 rings (SSSR count). The lowest BCUT2D eigenvalue weighted by Gasteiger charge is -2.27. The van der Waals surface area contributed by atoms with Gasteiger partial charge in [-0.25, -0.2) is 12.8 Å². The zero-order valence-electron chi connectivity index (χ0n) is 11.6. The van der Waals surface area contributed by atoms with E-state index in [0.29, 0.717) is 12.1 Å². The Morgan fingerprint density at radius 2 is 2.00 bits per heavy atom. The highest BCUT2D eigenvalue weighted by atomic mass is 32.2. The summed E-state index contributed by atoms with van der Waals surface area (Å²) in [6, 6.07) is 3.05. The summed E-state index contributed by atoms with van der Waals surface area (Å²) in [5.74, 6) is -0.453. The topological polar surface area (TPSA) is 49.4 Å². The summed E-state index contributed by atoms with van der Waals surface area (Å²) in [5.41, 5.74) is 0.711. The molecule has 1 aliphatic heterocycles. The van der Waals surface area contributed by atoms with Gasteiger partial charge in [0, 0.05) is 39.0 Å². The van der Waals surface area contributed by atoms with Crippen LogP contribution in [0.25, 0.3) is 0 Å². The zero-order valence-corrected chi connectivity index (χ0v) is 13.3. The molecule has 1 saturated heterocycles. The number of hydrogen-bond donors (Lipinski definition) is 1. The first kappa shape index (κ1) is 15.8. The standard InChI is InChI=1S/C13H19FN2O2S2/c1-19-13-11(14)7-10(8-12(13)20(2,17)18)9-16-5-3-15-4-6-16/h7-8,15H,3-6,9H2,1-2H3. The van der Waals surface area contributed by atoms with E-state index in [2.05, 4.69) is 10.2 Å². The lowest BCUT2D eigenvalue weighted by molar-refractivity contribution is 0.232. The van der Waals surface area contributed by atoms with E-state index in [4.69, 9.17) is 0 Å². The number of piperazine rings is 1. The van der Waals surface area contributed by atoms with Crippen molar-refractivity contribution in [3.05, 3.63) is 23.5 Å². The number of rotatable bonds is 4. The highest BCUT2D eigenvalue weighted by molar-refractivity contribution is 7.99. The van der Waals surface area contributed by atoms with Gasteiger partial charge in [0.05, 0.1) is 9.79 Å². The molecule has 1 aromatic carbocycles. The molecule has 0 unspecified atom stereocenters. The van der Waals surface area contributed by atoms with Crippen LogP contribution in [0, 0.1) is 5.82 Å². The molecule has 1 fully saturated rings. The Morgan fingerprint density at radius 3 is 2.55 bits per heavy atom. The van der Waals surface area contributed by atoms with Crippen LogP contribution in [-0.4, -0.2) is 52.0 Å². The van der Waals surface area contributed by atoms with Crippen molar-refractivity contribution in [2.24, 2.45) is 0 Å². The Hall–Kier alpha value is -0.630. The van der Waals surface area contributed by atoms with E-state index < -0.39 is 15.7 Å². The molecule has 0 amide bonds. The smallest absolute Gasteiger partial charge is 0.176 e. The maximum atomic E-state index is 14.1. The molecule has 20 heavy (non-hydrogen) atoms. The first-order chi connectivity index (χ1) is 9.41. The average Bonchev–Trinajstić information content (AvgIpc) is 2.38. The molecular weight excluding hydrogens is 299 g/mol. The predicted molar refractivity (Wildman–Crippen MR) is 79.4 cm³/mol. The van der Waals surface area contributed by atoms with Gasteiger partial charge in [0.25, 0.3) is 0 Å². The normalized spacial score (nSPS) is 17.4. The number of hydrogen-bond acceptors (Lipinski definition) is 5. The fourth-order valence-corrected chi connectivity index (χ4v) is 4.33. The number of thioether (sulfide) groups is 1. The average molecular weight is 318 g/mol. The van der Waals surface area contributed by atoms with Crippen molar-refractivity contribution in [2.75, 3.05) is 38.7 Å². The van der Waals surface area contributed by atoms with Crippen LogP contribution in [0.2, 0.25) is 0 Å². The van der Waals surface area contributed by atoms with Crippen molar-refractivity contribution in [3.8, 4) is 0 Å². The molecule has 0 spiro atoms.